The number of aldehydes is 1. The van der Waals surface area contributed by atoms with Crippen molar-refractivity contribution < 1.29 is 23.6 Å². The van der Waals surface area contributed by atoms with Crippen LogP contribution in [-0.4, -0.2) is 49.3 Å². The minimum Gasteiger partial charge on any atom is -0.460 e. The first kappa shape index (κ1) is 22.8. The van der Waals surface area contributed by atoms with Gasteiger partial charge < -0.3 is 18.9 Å². The fourth-order valence-corrected chi connectivity index (χ4v) is 3.82. The smallest absolute Gasteiger partial charge is 0.460 e. The van der Waals surface area contributed by atoms with Crippen LogP contribution in [-0.2, 0) is 18.8 Å². The van der Waals surface area contributed by atoms with Gasteiger partial charge in [-0.1, -0.05) is 6.07 Å². The van der Waals surface area contributed by atoms with E-state index in [1.165, 1.54) is 0 Å². The van der Waals surface area contributed by atoms with Crippen molar-refractivity contribution in [3.8, 4) is 0 Å². The van der Waals surface area contributed by atoms with Crippen LogP contribution >= 0.6 is 0 Å². The van der Waals surface area contributed by atoms with Gasteiger partial charge in [-0.05, 0) is 78.9 Å². The average Bonchev–Trinajstić information content (AvgIpc) is 2.87. The third-order valence-electron chi connectivity index (χ3n) is 6.28. The summed E-state index contributed by atoms with van der Waals surface area (Å²) in [6, 6.07) is 5.77. The first-order valence-electron chi connectivity index (χ1n) is 10.8. The van der Waals surface area contributed by atoms with E-state index in [0.29, 0.717) is 31.5 Å². The summed E-state index contributed by atoms with van der Waals surface area (Å²) in [7, 11) is -0.499. The molecular formula is C23H34BNO5. The summed E-state index contributed by atoms with van der Waals surface area (Å²) >= 11 is 0. The Morgan fingerprint density at radius 1 is 1.13 bits per heavy atom. The van der Waals surface area contributed by atoms with Gasteiger partial charge >= 0.3 is 13.1 Å². The number of nitrogens with zero attached hydrogens (tertiary/aromatic N) is 1. The molecule has 2 saturated heterocycles. The molecule has 3 rings (SSSR count). The average molecular weight is 415 g/mol. The van der Waals surface area contributed by atoms with E-state index in [-0.39, 0.29) is 11.9 Å². The van der Waals surface area contributed by atoms with Gasteiger partial charge in [-0.3, -0.25) is 9.59 Å². The molecule has 0 bridgehead atoms. The van der Waals surface area contributed by atoms with Crippen LogP contribution in [0.5, 0.6) is 0 Å². The predicted octanol–water partition coefficient (Wildman–Crippen LogP) is 3.36. The molecule has 0 unspecified atom stereocenters. The van der Waals surface area contributed by atoms with Gasteiger partial charge in [-0.15, -0.1) is 0 Å². The third kappa shape index (κ3) is 4.73. The predicted molar refractivity (Wildman–Crippen MR) is 118 cm³/mol. The maximum absolute atomic E-state index is 12.4. The van der Waals surface area contributed by atoms with Gasteiger partial charge in [-0.2, -0.15) is 0 Å². The number of piperidine rings is 1. The van der Waals surface area contributed by atoms with E-state index in [2.05, 4.69) is 4.90 Å². The molecule has 2 fully saturated rings. The molecular weight excluding hydrogens is 381 g/mol. The van der Waals surface area contributed by atoms with Gasteiger partial charge in [-0.25, -0.2) is 0 Å². The Bertz CT molecular complexity index is 790. The summed E-state index contributed by atoms with van der Waals surface area (Å²) in [5.74, 6) is -0.224. The standard InChI is InChI=1S/C23H34BNO5/c1-21(2,3)28-20(27)16-10-12-25(13-11-16)19-9-8-18(14-17(19)15-26)24-29-22(4,5)23(6,7)30-24/h8-9,14-16H,10-13H2,1-7H3. The summed E-state index contributed by atoms with van der Waals surface area (Å²) in [6.07, 6.45) is 2.31. The number of anilines is 1. The lowest BCUT2D eigenvalue weighted by Crippen LogP contribution is -2.41. The lowest BCUT2D eigenvalue weighted by molar-refractivity contribution is -0.160. The molecule has 2 heterocycles. The molecule has 0 spiro atoms. The molecule has 0 radical (unpaired) electrons. The summed E-state index contributed by atoms with van der Waals surface area (Å²) in [6.45, 7) is 15.1. The SMILES string of the molecule is CC(C)(C)OC(=O)C1CCN(c2ccc(B3OC(C)(C)C(C)(C)O3)cc2C=O)CC1. The zero-order valence-electron chi connectivity index (χ0n) is 19.3. The minimum atomic E-state index is -0.499. The Hall–Kier alpha value is -1.86. The molecule has 164 valence electrons. The molecule has 0 atom stereocenters. The van der Waals surface area contributed by atoms with Crippen LogP contribution in [0.2, 0.25) is 0 Å². The van der Waals surface area contributed by atoms with Crippen LogP contribution in [0.15, 0.2) is 18.2 Å². The van der Waals surface area contributed by atoms with Crippen molar-refractivity contribution in [1.82, 2.24) is 0 Å². The number of ether oxygens (including phenoxy) is 1. The first-order chi connectivity index (χ1) is 13.8. The van der Waals surface area contributed by atoms with E-state index >= 15 is 0 Å². The van der Waals surface area contributed by atoms with Gasteiger partial charge in [0.25, 0.3) is 0 Å². The molecule has 1 aromatic rings. The van der Waals surface area contributed by atoms with Crippen LogP contribution in [0.1, 0.15) is 71.7 Å². The van der Waals surface area contributed by atoms with Crippen LogP contribution in [0.25, 0.3) is 0 Å². The minimum absolute atomic E-state index is 0.0934. The van der Waals surface area contributed by atoms with Crippen LogP contribution in [0.3, 0.4) is 0 Å². The fourth-order valence-electron chi connectivity index (χ4n) is 3.82. The van der Waals surface area contributed by atoms with Crippen LogP contribution in [0.4, 0.5) is 5.69 Å². The Kier molecular flexibility index (Phi) is 6.09. The number of benzene rings is 1. The van der Waals surface area contributed by atoms with Crippen molar-refractivity contribution in [3.05, 3.63) is 23.8 Å². The fraction of sp³-hybridized carbons (Fsp3) is 0.652. The number of carbonyl (C=O) groups excluding carboxylic acids is 2. The molecule has 30 heavy (non-hydrogen) atoms. The molecule has 0 aromatic heterocycles. The highest BCUT2D eigenvalue weighted by atomic mass is 16.7. The molecule has 1 aromatic carbocycles. The van der Waals surface area contributed by atoms with Crippen molar-refractivity contribution in [1.29, 1.82) is 0 Å². The quantitative estimate of drug-likeness (QED) is 0.427. The summed E-state index contributed by atoms with van der Waals surface area (Å²) in [4.78, 5) is 26.4. The van der Waals surface area contributed by atoms with Gasteiger partial charge in [0, 0.05) is 24.3 Å². The highest BCUT2D eigenvalue weighted by Gasteiger charge is 2.51. The molecule has 7 heteroatoms. The maximum Gasteiger partial charge on any atom is 0.494 e. The first-order valence-corrected chi connectivity index (χ1v) is 10.8. The number of hydrogen-bond donors (Lipinski definition) is 0. The van der Waals surface area contributed by atoms with E-state index in [4.69, 9.17) is 14.0 Å². The van der Waals surface area contributed by atoms with Crippen LogP contribution in [0, 0.1) is 5.92 Å². The van der Waals surface area contributed by atoms with E-state index < -0.39 is 23.9 Å². The molecule has 0 aliphatic carbocycles. The van der Waals surface area contributed by atoms with Crippen molar-refractivity contribution >= 4 is 30.5 Å². The number of hydrogen-bond acceptors (Lipinski definition) is 6. The maximum atomic E-state index is 12.4. The van der Waals surface area contributed by atoms with E-state index in [1.807, 2.05) is 66.7 Å². The molecule has 0 saturated carbocycles. The van der Waals surface area contributed by atoms with E-state index in [1.54, 1.807) is 0 Å². The lowest BCUT2D eigenvalue weighted by atomic mass is 9.78. The van der Waals surface area contributed by atoms with Crippen LogP contribution < -0.4 is 10.4 Å². The Balaban J connectivity index is 1.70. The number of carbonyl (C=O) groups is 2. The Morgan fingerprint density at radius 3 is 2.20 bits per heavy atom. The molecule has 6 nitrogen and oxygen atoms in total. The second-order valence-electron chi connectivity index (χ2n) is 10.3. The van der Waals surface area contributed by atoms with E-state index in [0.717, 1.165) is 17.4 Å². The normalized spacial score (nSPS) is 21.6. The van der Waals surface area contributed by atoms with Crippen molar-refractivity contribution in [2.45, 2.75) is 78.1 Å². The second kappa shape index (κ2) is 8.01. The number of rotatable bonds is 4. The Morgan fingerprint density at radius 2 is 1.70 bits per heavy atom. The summed E-state index contributed by atoms with van der Waals surface area (Å²) in [5, 5.41) is 0. The number of esters is 1. The van der Waals surface area contributed by atoms with Gasteiger partial charge in [0.15, 0.2) is 6.29 Å². The van der Waals surface area contributed by atoms with Gasteiger partial charge in [0.1, 0.15) is 5.60 Å². The highest BCUT2D eigenvalue weighted by molar-refractivity contribution is 6.62. The monoisotopic (exact) mass is 415 g/mol. The summed E-state index contributed by atoms with van der Waals surface area (Å²) in [5.41, 5.74) is 0.999. The molecule has 2 aliphatic heterocycles. The Labute approximate surface area is 180 Å². The zero-order chi connectivity index (χ0) is 22.3. The third-order valence-corrected chi connectivity index (χ3v) is 6.28. The van der Waals surface area contributed by atoms with Gasteiger partial charge in [0.05, 0.1) is 17.1 Å². The molecule has 0 N–H and O–H groups in total. The van der Waals surface area contributed by atoms with E-state index in [9.17, 15) is 9.59 Å². The highest BCUT2D eigenvalue weighted by Crippen LogP contribution is 2.37. The largest absolute Gasteiger partial charge is 0.494 e. The van der Waals surface area contributed by atoms with Crippen molar-refractivity contribution in [2.75, 3.05) is 18.0 Å². The molecule has 2 aliphatic rings. The van der Waals surface area contributed by atoms with Gasteiger partial charge in [0.2, 0.25) is 0 Å². The lowest BCUT2D eigenvalue weighted by Gasteiger charge is -2.34. The molecule has 0 amide bonds. The van der Waals surface area contributed by atoms with Crippen molar-refractivity contribution in [3.63, 3.8) is 0 Å². The summed E-state index contributed by atoms with van der Waals surface area (Å²) < 4.78 is 17.8. The topological polar surface area (TPSA) is 65.1 Å². The second-order valence-corrected chi connectivity index (χ2v) is 10.3. The zero-order valence-corrected chi connectivity index (χ0v) is 19.3. The van der Waals surface area contributed by atoms with Crippen molar-refractivity contribution in [2.24, 2.45) is 5.92 Å².